The van der Waals surface area contributed by atoms with Crippen LogP contribution in [0.3, 0.4) is 0 Å². The number of amides is 1. The van der Waals surface area contributed by atoms with Crippen LogP contribution in [0, 0.1) is 5.82 Å². The lowest BCUT2D eigenvalue weighted by molar-refractivity contribution is 0.0949. The molecule has 0 saturated carbocycles. The van der Waals surface area contributed by atoms with Gasteiger partial charge in [-0.25, -0.2) is 9.37 Å². The van der Waals surface area contributed by atoms with Crippen molar-refractivity contribution in [1.29, 1.82) is 0 Å². The Labute approximate surface area is 169 Å². The van der Waals surface area contributed by atoms with Gasteiger partial charge in [0.15, 0.2) is 0 Å². The zero-order valence-electron chi connectivity index (χ0n) is 16.0. The number of fused-ring (bicyclic) bond motifs is 1. The summed E-state index contributed by atoms with van der Waals surface area (Å²) in [6.45, 7) is 1.21. The molecule has 0 spiro atoms. The van der Waals surface area contributed by atoms with E-state index < -0.39 is 5.82 Å². The topological polar surface area (TPSA) is 46.9 Å². The standard InChI is InChI=1S/C24H22FN3O/c25-20-12-5-4-11-19(20)24(29)26-16-8-15-23-27-21-13-6-7-14-22(21)28(23)17-18-9-2-1-3-10-18/h1-7,9-14H,8,15-17H2,(H,26,29). The van der Waals surface area contributed by atoms with E-state index in [9.17, 15) is 9.18 Å². The normalized spacial score (nSPS) is 10.9. The van der Waals surface area contributed by atoms with Crippen molar-refractivity contribution in [3.05, 3.63) is 102 Å². The Morgan fingerprint density at radius 1 is 0.931 bits per heavy atom. The number of para-hydroxylation sites is 2. The summed E-state index contributed by atoms with van der Waals surface area (Å²) in [7, 11) is 0. The van der Waals surface area contributed by atoms with E-state index in [0.717, 1.165) is 36.2 Å². The first-order valence-corrected chi connectivity index (χ1v) is 9.73. The molecule has 1 heterocycles. The molecule has 0 fully saturated rings. The lowest BCUT2D eigenvalue weighted by Crippen LogP contribution is -2.25. The molecular formula is C24H22FN3O. The minimum Gasteiger partial charge on any atom is -0.352 e. The van der Waals surface area contributed by atoms with Crippen LogP contribution in [0.5, 0.6) is 0 Å². The molecule has 5 heteroatoms. The molecule has 0 aliphatic heterocycles. The number of carbonyl (C=O) groups is 1. The smallest absolute Gasteiger partial charge is 0.254 e. The van der Waals surface area contributed by atoms with Crippen LogP contribution in [0.2, 0.25) is 0 Å². The van der Waals surface area contributed by atoms with Gasteiger partial charge in [0, 0.05) is 19.5 Å². The Bertz CT molecular complexity index is 1120. The Kier molecular flexibility index (Phi) is 5.66. The van der Waals surface area contributed by atoms with Crippen LogP contribution in [-0.2, 0) is 13.0 Å². The molecule has 1 N–H and O–H groups in total. The van der Waals surface area contributed by atoms with Gasteiger partial charge >= 0.3 is 0 Å². The highest BCUT2D eigenvalue weighted by Crippen LogP contribution is 2.19. The van der Waals surface area contributed by atoms with Crippen molar-refractivity contribution in [2.45, 2.75) is 19.4 Å². The van der Waals surface area contributed by atoms with Gasteiger partial charge in [0.25, 0.3) is 5.91 Å². The molecule has 1 amide bonds. The molecule has 0 radical (unpaired) electrons. The molecule has 0 aliphatic rings. The summed E-state index contributed by atoms with van der Waals surface area (Å²) in [5.41, 5.74) is 3.35. The number of halogens is 1. The number of aryl methyl sites for hydroxylation is 1. The van der Waals surface area contributed by atoms with E-state index >= 15 is 0 Å². The zero-order chi connectivity index (χ0) is 20.1. The van der Waals surface area contributed by atoms with Crippen molar-refractivity contribution in [2.24, 2.45) is 0 Å². The first-order chi connectivity index (χ1) is 14.2. The summed E-state index contributed by atoms with van der Waals surface area (Å²) in [6.07, 6.45) is 1.44. The fourth-order valence-electron chi connectivity index (χ4n) is 3.45. The van der Waals surface area contributed by atoms with E-state index in [1.807, 2.05) is 36.4 Å². The quantitative estimate of drug-likeness (QED) is 0.472. The Morgan fingerprint density at radius 3 is 2.48 bits per heavy atom. The van der Waals surface area contributed by atoms with Crippen LogP contribution >= 0.6 is 0 Å². The Hall–Kier alpha value is -3.47. The highest BCUT2D eigenvalue weighted by Gasteiger charge is 2.12. The number of hydrogen-bond donors (Lipinski definition) is 1. The molecule has 3 aromatic carbocycles. The minimum atomic E-state index is -0.505. The Balaban J connectivity index is 1.44. The fraction of sp³-hybridized carbons (Fsp3) is 0.167. The molecule has 0 unspecified atom stereocenters. The summed E-state index contributed by atoms with van der Waals surface area (Å²) < 4.78 is 15.9. The van der Waals surface area contributed by atoms with Gasteiger partial charge in [-0.3, -0.25) is 4.79 Å². The van der Waals surface area contributed by atoms with Crippen molar-refractivity contribution in [1.82, 2.24) is 14.9 Å². The number of nitrogens with one attached hydrogen (secondary N) is 1. The van der Waals surface area contributed by atoms with Gasteiger partial charge in [-0.05, 0) is 36.2 Å². The highest BCUT2D eigenvalue weighted by molar-refractivity contribution is 5.94. The number of carbonyl (C=O) groups excluding carboxylic acids is 1. The van der Waals surface area contributed by atoms with E-state index in [1.165, 1.54) is 17.7 Å². The lowest BCUT2D eigenvalue weighted by Gasteiger charge is -2.10. The number of hydrogen-bond acceptors (Lipinski definition) is 2. The van der Waals surface area contributed by atoms with Crippen LogP contribution in [0.25, 0.3) is 11.0 Å². The van der Waals surface area contributed by atoms with E-state index in [0.29, 0.717) is 6.54 Å². The van der Waals surface area contributed by atoms with Crippen molar-refractivity contribution in [3.8, 4) is 0 Å². The predicted molar refractivity (Wildman–Crippen MR) is 112 cm³/mol. The van der Waals surface area contributed by atoms with E-state index in [1.54, 1.807) is 12.1 Å². The van der Waals surface area contributed by atoms with Crippen LogP contribution < -0.4 is 5.32 Å². The molecule has 0 aliphatic carbocycles. The summed E-state index contributed by atoms with van der Waals surface area (Å²) in [6, 6.07) is 24.4. The molecule has 0 bridgehead atoms. The number of rotatable bonds is 7. The maximum atomic E-state index is 13.7. The second kappa shape index (κ2) is 8.69. The molecule has 4 rings (SSSR count). The monoisotopic (exact) mass is 387 g/mol. The number of benzene rings is 3. The van der Waals surface area contributed by atoms with Crippen LogP contribution in [0.4, 0.5) is 4.39 Å². The number of nitrogens with zero attached hydrogens (tertiary/aromatic N) is 2. The van der Waals surface area contributed by atoms with E-state index in [4.69, 9.17) is 4.98 Å². The largest absolute Gasteiger partial charge is 0.352 e. The maximum Gasteiger partial charge on any atom is 0.254 e. The molecule has 4 aromatic rings. The third-order valence-corrected chi connectivity index (χ3v) is 4.90. The first kappa shape index (κ1) is 18.9. The van der Waals surface area contributed by atoms with Gasteiger partial charge in [-0.2, -0.15) is 0 Å². The SMILES string of the molecule is O=C(NCCCc1nc2ccccc2n1Cc1ccccc1)c1ccccc1F. The van der Waals surface area contributed by atoms with Gasteiger partial charge in [0.05, 0.1) is 16.6 Å². The molecule has 1 aromatic heterocycles. The van der Waals surface area contributed by atoms with Gasteiger partial charge in [0.1, 0.15) is 11.6 Å². The molecule has 0 atom stereocenters. The molecule has 29 heavy (non-hydrogen) atoms. The van der Waals surface area contributed by atoms with E-state index in [-0.39, 0.29) is 11.5 Å². The number of aromatic nitrogens is 2. The summed E-state index contributed by atoms with van der Waals surface area (Å²) in [5.74, 6) is 0.0886. The fourth-order valence-corrected chi connectivity index (χ4v) is 3.45. The number of imidazole rings is 1. The van der Waals surface area contributed by atoms with Gasteiger partial charge in [-0.15, -0.1) is 0 Å². The zero-order valence-corrected chi connectivity index (χ0v) is 16.0. The third kappa shape index (κ3) is 4.35. The second-order valence-electron chi connectivity index (χ2n) is 6.93. The predicted octanol–water partition coefficient (Wildman–Crippen LogP) is 4.59. The minimum absolute atomic E-state index is 0.0730. The van der Waals surface area contributed by atoms with Gasteiger partial charge < -0.3 is 9.88 Å². The van der Waals surface area contributed by atoms with Gasteiger partial charge in [0.2, 0.25) is 0 Å². The maximum absolute atomic E-state index is 13.7. The summed E-state index contributed by atoms with van der Waals surface area (Å²) in [5, 5.41) is 2.80. The van der Waals surface area contributed by atoms with E-state index in [2.05, 4.69) is 28.1 Å². The van der Waals surface area contributed by atoms with Crippen molar-refractivity contribution in [3.63, 3.8) is 0 Å². The second-order valence-corrected chi connectivity index (χ2v) is 6.93. The van der Waals surface area contributed by atoms with Crippen LogP contribution in [-0.4, -0.2) is 22.0 Å². The molecular weight excluding hydrogens is 365 g/mol. The van der Waals surface area contributed by atoms with Gasteiger partial charge in [-0.1, -0.05) is 54.6 Å². The highest BCUT2D eigenvalue weighted by atomic mass is 19.1. The first-order valence-electron chi connectivity index (χ1n) is 9.73. The molecule has 0 saturated heterocycles. The Morgan fingerprint density at radius 2 is 1.66 bits per heavy atom. The third-order valence-electron chi connectivity index (χ3n) is 4.90. The molecule has 146 valence electrons. The van der Waals surface area contributed by atoms with Crippen molar-refractivity contribution >= 4 is 16.9 Å². The van der Waals surface area contributed by atoms with Crippen LogP contribution in [0.1, 0.15) is 28.2 Å². The summed E-state index contributed by atoms with van der Waals surface area (Å²) in [4.78, 5) is 16.9. The van der Waals surface area contributed by atoms with Crippen molar-refractivity contribution < 1.29 is 9.18 Å². The average molecular weight is 387 g/mol. The lowest BCUT2D eigenvalue weighted by atomic mass is 10.2. The molecule has 4 nitrogen and oxygen atoms in total. The van der Waals surface area contributed by atoms with Crippen LogP contribution in [0.15, 0.2) is 78.9 Å². The van der Waals surface area contributed by atoms with Crippen molar-refractivity contribution in [2.75, 3.05) is 6.54 Å². The summed E-state index contributed by atoms with van der Waals surface area (Å²) >= 11 is 0. The average Bonchev–Trinajstić information content (AvgIpc) is 3.09.